The molecule has 1 aliphatic rings. The van der Waals surface area contributed by atoms with Crippen LogP contribution in [0.1, 0.15) is 28.8 Å². The van der Waals surface area contributed by atoms with Gasteiger partial charge in [-0.1, -0.05) is 0 Å². The third-order valence-electron chi connectivity index (χ3n) is 5.33. The topological polar surface area (TPSA) is 128 Å². The van der Waals surface area contributed by atoms with Gasteiger partial charge in [-0.15, -0.1) is 5.10 Å². The first-order valence-corrected chi connectivity index (χ1v) is 9.70. The van der Waals surface area contributed by atoms with E-state index >= 15 is 0 Å². The summed E-state index contributed by atoms with van der Waals surface area (Å²) in [7, 11) is 2.09. The molecule has 154 valence electrons. The van der Waals surface area contributed by atoms with Gasteiger partial charge >= 0.3 is 0 Å². The number of piperazine rings is 1. The van der Waals surface area contributed by atoms with Crippen LogP contribution in [0.4, 0.5) is 17.2 Å². The number of aromatic nitrogens is 4. The largest absolute Gasteiger partial charge is 0.381 e. The minimum atomic E-state index is -0.403. The number of carbonyl (C=O) groups is 1. The van der Waals surface area contributed by atoms with E-state index in [0.29, 0.717) is 16.9 Å². The summed E-state index contributed by atoms with van der Waals surface area (Å²) in [5.74, 6) is -0.669. The van der Waals surface area contributed by atoms with Gasteiger partial charge in [0.05, 0.1) is 29.6 Å². The van der Waals surface area contributed by atoms with Crippen molar-refractivity contribution in [3.05, 3.63) is 42.0 Å². The monoisotopic (exact) mass is 405 g/mol. The number of likely N-dealkylation sites (N-methyl/N-ethyl adjacent to an activating group) is 1. The predicted octanol–water partition coefficient (Wildman–Crippen LogP) is 1.34. The Balaban J connectivity index is 1.63. The van der Waals surface area contributed by atoms with Crippen LogP contribution in [0, 0.1) is 11.3 Å². The van der Waals surface area contributed by atoms with E-state index < -0.39 is 5.91 Å². The lowest BCUT2D eigenvalue weighted by Crippen LogP contribution is -2.44. The minimum Gasteiger partial charge on any atom is -0.381 e. The van der Waals surface area contributed by atoms with E-state index in [1.54, 1.807) is 31.7 Å². The van der Waals surface area contributed by atoms with Gasteiger partial charge in [-0.2, -0.15) is 5.26 Å². The Bertz CT molecular complexity index is 1120. The molecule has 3 N–H and O–H groups in total. The van der Waals surface area contributed by atoms with Crippen molar-refractivity contribution in [2.45, 2.75) is 12.8 Å². The Morgan fingerprint density at radius 2 is 2.07 bits per heavy atom. The van der Waals surface area contributed by atoms with Crippen LogP contribution in [0.5, 0.6) is 0 Å². The molecule has 10 nitrogen and oxygen atoms in total. The number of rotatable bonds is 4. The van der Waals surface area contributed by atoms with Gasteiger partial charge in [-0.3, -0.25) is 9.78 Å². The SMILES string of the molecule is CC(C#N)c1cnc2c(C(=O)Nc3cnccc3N3CCN(C)CC3)c(N)nn2c1. The fraction of sp³-hybridized carbons (Fsp3) is 0.350. The molecule has 3 aromatic heterocycles. The first-order chi connectivity index (χ1) is 14.5. The smallest absolute Gasteiger partial charge is 0.263 e. The summed E-state index contributed by atoms with van der Waals surface area (Å²) < 4.78 is 1.44. The molecule has 4 heterocycles. The van der Waals surface area contributed by atoms with E-state index in [1.165, 1.54) is 4.52 Å². The molecule has 1 saturated heterocycles. The van der Waals surface area contributed by atoms with Crippen LogP contribution in [0.15, 0.2) is 30.9 Å². The summed E-state index contributed by atoms with van der Waals surface area (Å²) in [4.78, 5) is 26.1. The summed E-state index contributed by atoms with van der Waals surface area (Å²) in [6.45, 7) is 5.40. The Hall–Kier alpha value is -3.71. The van der Waals surface area contributed by atoms with E-state index in [0.717, 1.165) is 31.9 Å². The number of hydrogen-bond donors (Lipinski definition) is 2. The lowest BCUT2D eigenvalue weighted by molar-refractivity contribution is 0.102. The zero-order valence-electron chi connectivity index (χ0n) is 16.9. The molecule has 0 aliphatic carbocycles. The molecular formula is C20H23N9O. The van der Waals surface area contributed by atoms with Gasteiger partial charge in [0, 0.05) is 50.3 Å². The maximum absolute atomic E-state index is 13.1. The number of nitrogens with zero attached hydrogens (tertiary/aromatic N) is 7. The lowest BCUT2D eigenvalue weighted by atomic mass is 10.1. The van der Waals surface area contributed by atoms with Crippen molar-refractivity contribution in [3.8, 4) is 6.07 Å². The average molecular weight is 405 g/mol. The maximum atomic E-state index is 13.1. The lowest BCUT2D eigenvalue weighted by Gasteiger charge is -2.34. The molecule has 1 unspecified atom stereocenters. The second kappa shape index (κ2) is 7.96. The van der Waals surface area contributed by atoms with Gasteiger partial charge in [0.15, 0.2) is 11.5 Å². The molecular weight excluding hydrogens is 382 g/mol. The van der Waals surface area contributed by atoms with Crippen LogP contribution < -0.4 is 16.0 Å². The first-order valence-electron chi connectivity index (χ1n) is 9.70. The first kappa shape index (κ1) is 19.6. The molecule has 1 amide bonds. The van der Waals surface area contributed by atoms with E-state index in [2.05, 4.69) is 43.3 Å². The fourth-order valence-electron chi connectivity index (χ4n) is 3.47. The van der Waals surface area contributed by atoms with E-state index in [9.17, 15) is 4.79 Å². The number of nitriles is 1. The molecule has 1 aliphatic heterocycles. The van der Waals surface area contributed by atoms with E-state index in [4.69, 9.17) is 11.0 Å². The molecule has 30 heavy (non-hydrogen) atoms. The molecule has 1 fully saturated rings. The highest BCUT2D eigenvalue weighted by Crippen LogP contribution is 2.27. The molecule has 10 heteroatoms. The van der Waals surface area contributed by atoms with Gasteiger partial charge < -0.3 is 20.9 Å². The van der Waals surface area contributed by atoms with Gasteiger partial charge in [-0.05, 0) is 20.0 Å². The zero-order valence-corrected chi connectivity index (χ0v) is 16.9. The van der Waals surface area contributed by atoms with Crippen molar-refractivity contribution in [2.75, 3.05) is 49.2 Å². The maximum Gasteiger partial charge on any atom is 0.263 e. The number of nitrogens with two attached hydrogens (primary N) is 1. The molecule has 0 bridgehead atoms. The van der Waals surface area contributed by atoms with Crippen molar-refractivity contribution < 1.29 is 4.79 Å². The van der Waals surface area contributed by atoms with Gasteiger partial charge in [0.2, 0.25) is 0 Å². The highest BCUT2D eigenvalue weighted by atomic mass is 16.1. The molecule has 3 aromatic rings. The van der Waals surface area contributed by atoms with Gasteiger partial charge in [0.1, 0.15) is 5.56 Å². The summed E-state index contributed by atoms with van der Waals surface area (Å²) in [6, 6.07) is 4.05. The molecule has 4 rings (SSSR count). The standard InChI is InChI=1S/C20H23N9O/c1-13(9-21)14-10-24-19-17(18(22)26-29(19)12-14)20(30)25-15-11-23-4-3-16(15)28-7-5-27(2)6-8-28/h3-4,10-13H,5-8H2,1-2H3,(H2,22,26)(H,25,30). The van der Waals surface area contributed by atoms with Crippen molar-refractivity contribution in [1.29, 1.82) is 5.26 Å². The number of carbonyl (C=O) groups excluding carboxylic acids is 1. The number of nitrogens with one attached hydrogen (secondary N) is 1. The Labute approximate surface area is 173 Å². The second-order valence-corrected chi connectivity index (χ2v) is 7.40. The minimum absolute atomic E-state index is 0.0757. The van der Waals surface area contributed by atoms with Crippen LogP contribution in [-0.4, -0.2) is 63.6 Å². The second-order valence-electron chi connectivity index (χ2n) is 7.40. The van der Waals surface area contributed by atoms with Crippen LogP contribution in [-0.2, 0) is 0 Å². The number of amides is 1. The normalized spacial score (nSPS) is 15.7. The summed E-state index contributed by atoms with van der Waals surface area (Å²) in [6.07, 6.45) is 6.59. The molecule has 0 saturated carbocycles. The van der Waals surface area contributed by atoms with Crippen molar-refractivity contribution in [1.82, 2.24) is 24.5 Å². The number of fused-ring (bicyclic) bond motifs is 1. The quantitative estimate of drug-likeness (QED) is 0.665. The number of nitrogen functional groups attached to an aromatic ring is 1. The summed E-state index contributed by atoms with van der Waals surface area (Å²) >= 11 is 0. The fourth-order valence-corrected chi connectivity index (χ4v) is 3.47. The van der Waals surface area contributed by atoms with Crippen LogP contribution >= 0.6 is 0 Å². The van der Waals surface area contributed by atoms with Crippen LogP contribution in [0.25, 0.3) is 5.65 Å². The zero-order chi connectivity index (χ0) is 21.3. The van der Waals surface area contributed by atoms with Crippen LogP contribution in [0.2, 0.25) is 0 Å². The molecule has 1 atom stereocenters. The van der Waals surface area contributed by atoms with Crippen molar-refractivity contribution >= 4 is 28.7 Å². The van der Waals surface area contributed by atoms with Crippen molar-refractivity contribution in [2.24, 2.45) is 0 Å². The average Bonchev–Trinajstić information content (AvgIpc) is 3.09. The molecule has 0 radical (unpaired) electrons. The van der Waals surface area contributed by atoms with E-state index in [1.807, 2.05) is 6.07 Å². The number of anilines is 3. The van der Waals surface area contributed by atoms with E-state index in [-0.39, 0.29) is 17.3 Å². The van der Waals surface area contributed by atoms with Crippen molar-refractivity contribution in [3.63, 3.8) is 0 Å². The van der Waals surface area contributed by atoms with Gasteiger partial charge in [0.25, 0.3) is 5.91 Å². The summed E-state index contributed by atoms with van der Waals surface area (Å²) in [5.41, 5.74) is 8.79. The van der Waals surface area contributed by atoms with Gasteiger partial charge in [-0.25, -0.2) is 9.50 Å². The number of hydrogen-bond acceptors (Lipinski definition) is 8. The Morgan fingerprint density at radius 3 is 2.80 bits per heavy atom. The van der Waals surface area contributed by atoms with Crippen LogP contribution in [0.3, 0.4) is 0 Å². The number of pyridine rings is 1. The highest BCUT2D eigenvalue weighted by Gasteiger charge is 2.23. The Kier molecular flexibility index (Phi) is 5.20. The highest BCUT2D eigenvalue weighted by molar-refractivity contribution is 6.12. The molecule has 0 aromatic carbocycles. The third-order valence-corrected chi connectivity index (χ3v) is 5.33. The molecule has 0 spiro atoms. The predicted molar refractivity (Wildman–Crippen MR) is 113 cm³/mol. The summed E-state index contributed by atoms with van der Waals surface area (Å²) in [5, 5.41) is 16.2. The Morgan fingerprint density at radius 1 is 1.30 bits per heavy atom. The third kappa shape index (κ3) is 3.62.